The minimum absolute atomic E-state index is 0.127. The number of piperazine rings is 1. The fraction of sp³-hybridized carbons (Fsp3) is 0.933. The van der Waals surface area contributed by atoms with Gasteiger partial charge >= 0.3 is 0 Å². The Hall–Kier alpha value is -0.650. The third-order valence-electron chi connectivity index (χ3n) is 4.27. The largest absolute Gasteiger partial charge is 0.381 e. The maximum Gasteiger partial charge on any atom is 0.239 e. The van der Waals surface area contributed by atoms with Crippen molar-refractivity contribution in [3.05, 3.63) is 0 Å². The van der Waals surface area contributed by atoms with Crippen LogP contribution in [-0.2, 0) is 9.53 Å². The van der Waals surface area contributed by atoms with Crippen molar-refractivity contribution in [3.8, 4) is 0 Å². The topological polar surface area (TPSA) is 58.8 Å². The second kappa shape index (κ2) is 7.38. The van der Waals surface area contributed by atoms with Crippen LogP contribution in [0.3, 0.4) is 0 Å². The number of amides is 1. The van der Waals surface area contributed by atoms with E-state index in [9.17, 15) is 4.79 Å². The Morgan fingerprint density at radius 2 is 2.00 bits per heavy atom. The number of ether oxygens (including phenoxy) is 1. The fourth-order valence-corrected chi connectivity index (χ4v) is 3.09. The Balaban J connectivity index is 1.71. The number of hydrogen-bond donors (Lipinski definition) is 1. The van der Waals surface area contributed by atoms with Crippen LogP contribution in [0, 0.1) is 11.8 Å². The number of rotatable bonds is 5. The van der Waals surface area contributed by atoms with Gasteiger partial charge in [0.2, 0.25) is 5.91 Å². The Morgan fingerprint density at radius 3 is 2.55 bits per heavy atom. The summed E-state index contributed by atoms with van der Waals surface area (Å²) in [4.78, 5) is 16.6. The van der Waals surface area contributed by atoms with Crippen molar-refractivity contribution >= 4 is 5.91 Å². The molecule has 1 unspecified atom stereocenters. The molecule has 2 saturated heterocycles. The average Bonchev–Trinajstić information content (AvgIpc) is 2.91. The molecular formula is C15H29N3O2. The van der Waals surface area contributed by atoms with Crippen LogP contribution in [0.4, 0.5) is 0 Å². The highest BCUT2D eigenvalue weighted by Gasteiger charge is 2.27. The number of nitrogens with two attached hydrogens (primary N) is 1. The summed E-state index contributed by atoms with van der Waals surface area (Å²) in [7, 11) is 0. The van der Waals surface area contributed by atoms with Crippen LogP contribution in [-0.4, -0.2) is 67.7 Å². The molecule has 0 aliphatic carbocycles. The van der Waals surface area contributed by atoms with Crippen molar-refractivity contribution in [3.63, 3.8) is 0 Å². The number of nitrogens with zero attached hydrogens (tertiary/aromatic N) is 2. The first-order valence-electron chi connectivity index (χ1n) is 7.90. The summed E-state index contributed by atoms with van der Waals surface area (Å²) >= 11 is 0. The molecule has 2 aliphatic rings. The number of carbonyl (C=O) groups excluding carboxylic acids is 1. The van der Waals surface area contributed by atoms with Gasteiger partial charge in [-0.05, 0) is 24.7 Å². The SMILES string of the molecule is CC(C)C[C@H](N)C(=O)N1CCN(CC2CCOC2)CC1. The molecule has 0 aromatic carbocycles. The zero-order valence-corrected chi connectivity index (χ0v) is 12.9. The highest BCUT2D eigenvalue weighted by Crippen LogP contribution is 2.15. The first-order chi connectivity index (χ1) is 9.56. The molecule has 0 saturated carbocycles. The van der Waals surface area contributed by atoms with E-state index in [1.807, 2.05) is 4.90 Å². The summed E-state index contributed by atoms with van der Waals surface area (Å²) in [5, 5.41) is 0. The minimum Gasteiger partial charge on any atom is -0.381 e. The standard InChI is InChI=1S/C15H29N3O2/c1-12(2)9-14(16)15(19)18-6-4-17(5-7-18)10-13-3-8-20-11-13/h12-14H,3-11,16H2,1-2H3/t13?,14-/m0/s1. The van der Waals surface area contributed by atoms with Gasteiger partial charge in [0, 0.05) is 39.3 Å². The molecule has 2 atom stereocenters. The molecule has 0 spiro atoms. The monoisotopic (exact) mass is 283 g/mol. The first kappa shape index (κ1) is 15.7. The second-order valence-electron chi connectivity index (χ2n) is 6.59. The van der Waals surface area contributed by atoms with Crippen molar-refractivity contribution < 1.29 is 9.53 Å². The van der Waals surface area contributed by atoms with E-state index in [0.29, 0.717) is 11.8 Å². The summed E-state index contributed by atoms with van der Waals surface area (Å²) in [6, 6.07) is -0.329. The van der Waals surface area contributed by atoms with Gasteiger partial charge in [-0.3, -0.25) is 9.69 Å². The molecule has 2 aliphatic heterocycles. The minimum atomic E-state index is -0.329. The predicted molar refractivity (Wildman–Crippen MR) is 79.4 cm³/mol. The fourth-order valence-electron chi connectivity index (χ4n) is 3.09. The van der Waals surface area contributed by atoms with Gasteiger partial charge < -0.3 is 15.4 Å². The van der Waals surface area contributed by atoms with E-state index in [4.69, 9.17) is 10.5 Å². The lowest BCUT2D eigenvalue weighted by molar-refractivity contribution is -0.134. The van der Waals surface area contributed by atoms with Gasteiger partial charge in [0.25, 0.3) is 0 Å². The van der Waals surface area contributed by atoms with Crippen LogP contribution < -0.4 is 5.73 Å². The Labute approximate surface area is 122 Å². The maximum atomic E-state index is 12.2. The van der Waals surface area contributed by atoms with Crippen molar-refractivity contribution in [1.82, 2.24) is 9.80 Å². The Kier molecular flexibility index (Phi) is 5.81. The molecule has 2 fully saturated rings. The number of carbonyl (C=O) groups is 1. The highest BCUT2D eigenvalue weighted by molar-refractivity contribution is 5.81. The quantitative estimate of drug-likeness (QED) is 0.800. The van der Waals surface area contributed by atoms with Gasteiger partial charge in [-0.1, -0.05) is 13.8 Å². The molecule has 116 valence electrons. The molecule has 0 aromatic rings. The van der Waals surface area contributed by atoms with E-state index in [0.717, 1.165) is 52.4 Å². The third-order valence-corrected chi connectivity index (χ3v) is 4.27. The Morgan fingerprint density at radius 1 is 1.30 bits per heavy atom. The lowest BCUT2D eigenvalue weighted by atomic mass is 10.0. The molecule has 0 aromatic heterocycles. The van der Waals surface area contributed by atoms with Crippen LogP contribution in [0.25, 0.3) is 0 Å². The molecule has 2 rings (SSSR count). The van der Waals surface area contributed by atoms with Crippen molar-refractivity contribution in [2.75, 3.05) is 45.9 Å². The van der Waals surface area contributed by atoms with Crippen LogP contribution in [0.5, 0.6) is 0 Å². The summed E-state index contributed by atoms with van der Waals surface area (Å²) in [5.41, 5.74) is 5.99. The van der Waals surface area contributed by atoms with Gasteiger partial charge in [0.15, 0.2) is 0 Å². The Bertz CT molecular complexity index is 308. The lowest BCUT2D eigenvalue weighted by Gasteiger charge is -2.37. The van der Waals surface area contributed by atoms with Gasteiger partial charge in [-0.2, -0.15) is 0 Å². The lowest BCUT2D eigenvalue weighted by Crippen LogP contribution is -2.54. The van der Waals surface area contributed by atoms with Gasteiger partial charge in [0.1, 0.15) is 0 Å². The van der Waals surface area contributed by atoms with Crippen molar-refractivity contribution in [2.45, 2.75) is 32.7 Å². The van der Waals surface area contributed by atoms with E-state index in [1.165, 1.54) is 6.42 Å². The zero-order valence-electron chi connectivity index (χ0n) is 12.9. The molecule has 2 N–H and O–H groups in total. The molecule has 5 nitrogen and oxygen atoms in total. The second-order valence-corrected chi connectivity index (χ2v) is 6.59. The molecule has 20 heavy (non-hydrogen) atoms. The summed E-state index contributed by atoms with van der Waals surface area (Å²) in [6.07, 6.45) is 1.96. The predicted octanol–water partition coefficient (Wildman–Crippen LogP) is 0.541. The molecule has 0 bridgehead atoms. The van der Waals surface area contributed by atoms with Crippen LogP contribution in [0.1, 0.15) is 26.7 Å². The van der Waals surface area contributed by atoms with E-state index in [1.54, 1.807) is 0 Å². The van der Waals surface area contributed by atoms with Crippen molar-refractivity contribution in [1.29, 1.82) is 0 Å². The van der Waals surface area contributed by atoms with E-state index >= 15 is 0 Å². The smallest absolute Gasteiger partial charge is 0.239 e. The average molecular weight is 283 g/mol. The molecule has 2 heterocycles. The van der Waals surface area contributed by atoms with Crippen LogP contribution in [0.2, 0.25) is 0 Å². The van der Waals surface area contributed by atoms with E-state index in [2.05, 4.69) is 18.7 Å². The van der Waals surface area contributed by atoms with E-state index in [-0.39, 0.29) is 11.9 Å². The summed E-state index contributed by atoms with van der Waals surface area (Å²) in [5.74, 6) is 1.28. The van der Waals surface area contributed by atoms with Gasteiger partial charge in [0.05, 0.1) is 12.6 Å². The highest BCUT2D eigenvalue weighted by atomic mass is 16.5. The molecule has 0 radical (unpaired) electrons. The normalized spacial score (nSPS) is 26.2. The van der Waals surface area contributed by atoms with Gasteiger partial charge in [-0.15, -0.1) is 0 Å². The zero-order chi connectivity index (χ0) is 14.5. The summed E-state index contributed by atoms with van der Waals surface area (Å²) < 4.78 is 5.42. The first-order valence-corrected chi connectivity index (χ1v) is 7.90. The number of hydrogen-bond acceptors (Lipinski definition) is 4. The van der Waals surface area contributed by atoms with Crippen LogP contribution >= 0.6 is 0 Å². The maximum absolute atomic E-state index is 12.2. The van der Waals surface area contributed by atoms with Gasteiger partial charge in [-0.25, -0.2) is 0 Å². The van der Waals surface area contributed by atoms with Crippen LogP contribution in [0.15, 0.2) is 0 Å². The van der Waals surface area contributed by atoms with E-state index < -0.39 is 0 Å². The molecular weight excluding hydrogens is 254 g/mol. The third kappa shape index (κ3) is 4.43. The summed E-state index contributed by atoms with van der Waals surface area (Å²) in [6.45, 7) is 10.7. The molecule has 1 amide bonds. The molecule has 5 heteroatoms. The van der Waals surface area contributed by atoms with Crippen molar-refractivity contribution in [2.24, 2.45) is 17.6 Å².